The second-order valence-corrected chi connectivity index (χ2v) is 5.04. The van der Waals surface area contributed by atoms with E-state index < -0.39 is 10.8 Å². The monoisotopic (exact) mass is 235 g/mol. The van der Waals surface area contributed by atoms with E-state index in [2.05, 4.69) is 5.10 Å². The third kappa shape index (κ3) is 2.49. The maximum absolute atomic E-state index is 12.0. The summed E-state index contributed by atoms with van der Waals surface area (Å²) in [5.74, 6) is 0.470. The van der Waals surface area contributed by atoms with Crippen molar-refractivity contribution in [1.82, 2.24) is 9.78 Å². The summed E-state index contributed by atoms with van der Waals surface area (Å²) in [7, 11) is 0.776. The van der Waals surface area contributed by atoms with E-state index in [9.17, 15) is 4.21 Å². The minimum Gasteiger partial charge on any atom is -0.399 e. The normalized spacial score (nSPS) is 12.6. The molecule has 0 spiro atoms. The van der Waals surface area contributed by atoms with Gasteiger partial charge in [-0.15, -0.1) is 0 Å². The van der Waals surface area contributed by atoms with Gasteiger partial charge in [0.25, 0.3) is 0 Å². The number of nitrogens with two attached hydrogens (primary N) is 1. The number of rotatable bonds is 3. The van der Waals surface area contributed by atoms with Crippen molar-refractivity contribution >= 4 is 16.5 Å². The molecule has 0 amide bonds. The smallest absolute Gasteiger partial charge is 0.0576 e. The largest absolute Gasteiger partial charge is 0.399 e. The number of aryl methyl sites for hydroxylation is 1. The Labute approximate surface area is 96.5 Å². The van der Waals surface area contributed by atoms with Crippen molar-refractivity contribution in [2.75, 3.05) is 5.73 Å². The lowest BCUT2D eigenvalue weighted by atomic mass is 10.3. The van der Waals surface area contributed by atoms with Gasteiger partial charge >= 0.3 is 0 Å². The van der Waals surface area contributed by atoms with Crippen molar-refractivity contribution in [1.29, 1.82) is 0 Å². The first-order valence-electron chi connectivity index (χ1n) is 4.86. The van der Waals surface area contributed by atoms with Gasteiger partial charge in [0.1, 0.15) is 0 Å². The first kappa shape index (κ1) is 10.9. The number of hydrogen-bond donors (Lipinski definition) is 1. The molecule has 5 heteroatoms. The Bertz CT molecular complexity index is 521. The van der Waals surface area contributed by atoms with Gasteiger partial charge in [-0.1, -0.05) is 6.07 Å². The molecule has 1 heterocycles. The molecule has 0 saturated heterocycles. The Balaban J connectivity index is 2.14. The Hall–Kier alpha value is -1.62. The lowest BCUT2D eigenvalue weighted by molar-refractivity contribution is 0.682. The first-order valence-corrected chi connectivity index (χ1v) is 6.18. The number of benzene rings is 1. The predicted octanol–water partition coefficient (Wildman–Crippen LogP) is 1.31. The highest BCUT2D eigenvalue weighted by Gasteiger charge is 2.06. The number of hydrogen-bond acceptors (Lipinski definition) is 3. The Morgan fingerprint density at radius 2 is 2.31 bits per heavy atom. The van der Waals surface area contributed by atoms with Crippen LogP contribution < -0.4 is 5.73 Å². The molecule has 84 valence electrons. The SMILES string of the molecule is Cn1cc(CS(=O)c2cccc(N)c2)cn1. The van der Waals surface area contributed by atoms with Gasteiger partial charge in [0.05, 0.1) is 22.7 Å². The maximum atomic E-state index is 12.0. The molecule has 1 aromatic heterocycles. The summed E-state index contributed by atoms with van der Waals surface area (Å²) in [6, 6.07) is 7.16. The van der Waals surface area contributed by atoms with E-state index in [4.69, 9.17) is 5.73 Å². The van der Waals surface area contributed by atoms with Gasteiger partial charge in [-0.25, -0.2) is 0 Å². The van der Waals surface area contributed by atoms with E-state index in [0.717, 1.165) is 10.5 Å². The van der Waals surface area contributed by atoms with E-state index in [1.54, 1.807) is 23.0 Å². The molecule has 0 radical (unpaired) electrons. The van der Waals surface area contributed by atoms with Crippen LogP contribution in [0.15, 0.2) is 41.6 Å². The summed E-state index contributed by atoms with van der Waals surface area (Å²) in [6.07, 6.45) is 3.59. The van der Waals surface area contributed by atoms with Crippen LogP contribution in [0.2, 0.25) is 0 Å². The summed E-state index contributed by atoms with van der Waals surface area (Å²) in [5, 5.41) is 4.04. The molecule has 0 bridgehead atoms. The van der Waals surface area contributed by atoms with Gasteiger partial charge in [0.2, 0.25) is 0 Å². The average Bonchev–Trinajstić information content (AvgIpc) is 2.64. The Kier molecular flexibility index (Phi) is 3.05. The second kappa shape index (κ2) is 4.49. The van der Waals surface area contributed by atoms with Crippen molar-refractivity contribution < 1.29 is 4.21 Å². The number of nitrogen functional groups attached to an aromatic ring is 1. The van der Waals surface area contributed by atoms with Crippen LogP contribution in [-0.2, 0) is 23.6 Å². The van der Waals surface area contributed by atoms with Crippen LogP contribution in [0, 0.1) is 0 Å². The standard InChI is InChI=1S/C11H13N3OS/c1-14-7-9(6-13-14)8-16(15)11-4-2-3-10(12)5-11/h2-7H,8,12H2,1H3. The zero-order chi connectivity index (χ0) is 11.5. The van der Waals surface area contributed by atoms with Gasteiger partial charge in [-0.2, -0.15) is 5.10 Å². The van der Waals surface area contributed by atoms with Crippen molar-refractivity contribution in [3.63, 3.8) is 0 Å². The van der Waals surface area contributed by atoms with Crippen LogP contribution in [0.5, 0.6) is 0 Å². The highest BCUT2D eigenvalue weighted by molar-refractivity contribution is 7.84. The summed E-state index contributed by atoms with van der Waals surface area (Å²) in [5.41, 5.74) is 7.24. The number of nitrogens with zero attached hydrogens (tertiary/aromatic N) is 2. The van der Waals surface area contributed by atoms with E-state index in [-0.39, 0.29) is 0 Å². The summed E-state index contributed by atoms with van der Waals surface area (Å²) in [4.78, 5) is 0.754. The molecule has 0 saturated carbocycles. The van der Waals surface area contributed by atoms with E-state index in [1.165, 1.54) is 0 Å². The van der Waals surface area contributed by atoms with E-state index in [0.29, 0.717) is 11.4 Å². The molecular formula is C11H13N3OS. The van der Waals surface area contributed by atoms with Crippen molar-refractivity contribution in [3.8, 4) is 0 Å². The van der Waals surface area contributed by atoms with Gasteiger partial charge in [-0.05, 0) is 18.2 Å². The van der Waals surface area contributed by atoms with Gasteiger partial charge in [0, 0.05) is 29.4 Å². The maximum Gasteiger partial charge on any atom is 0.0576 e. The highest BCUT2D eigenvalue weighted by atomic mass is 32.2. The van der Waals surface area contributed by atoms with Crippen LogP contribution in [0.1, 0.15) is 5.56 Å². The molecule has 16 heavy (non-hydrogen) atoms. The third-order valence-electron chi connectivity index (χ3n) is 2.18. The Morgan fingerprint density at radius 3 is 2.94 bits per heavy atom. The van der Waals surface area contributed by atoms with Crippen molar-refractivity contribution in [2.45, 2.75) is 10.6 Å². The first-order chi connectivity index (χ1) is 7.65. The molecule has 2 N–H and O–H groups in total. The molecule has 2 aromatic rings. The molecule has 0 aliphatic heterocycles. The zero-order valence-corrected chi connectivity index (χ0v) is 9.78. The molecule has 0 aliphatic rings. The fourth-order valence-corrected chi connectivity index (χ4v) is 2.55. The molecule has 2 rings (SSSR count). The average molecular weight is 235 g/mol. The van der Waals surface area contributed by atoms with Crippen LogP contribution in [-0.4, -0.2) is 14.0 Å². The quantitative estimate of drug-likeness (QED) is 0.816. The highest BCUT2D eigenvalue weighted by Crippen LogP contribution is 2.14. The lowest BCUT2D eigenvalue weighted by Gasteiger charge is -2.01. The molecule has 1 aromatic carbocycles. The van der Waals surface area contributed by atoms with Crippen molar-refractivity contribution in [3.05, 3.63) is 42.2 Å². The van der Waals surface area contributed by atoms with Crippen LogP contribution in [0.3, 0.4) is 0 Å². The van der Waals surface area contributed by atoms with Crippen molar-refractivity contribution in [2.24, 2.45) is 7.05 Å². The number of anilines is 1. The second-order valence-electron chi connectivity index (χ2n) is 3.58. The van der Waals surface area contributed by atoms with Crippen LogP contribution >= 0.6 is 0 Å². The molecule has 0 aliphatic carbocycles. The fraction of sp³-hybridized carbons (Fsp3) is 0.182. The fourth-order valence-electron chi connectivity index (χ4n) is 1.44. The molecule has 0 fully saturated rings. The van der Waals surface area contributed by atoms with Crippen LogP contribution in [0.4, 0.5) is 5.69 Å². The third-order valence-corrected chi connectivity index (χ3v) is 3.55. The van der Waals surface area contributed by atoms with Gasteiger partial charge < -0.3 is 5.73 Å². The zero-order valence-electron chi connectivity index (χ0n) is 8.96. The predicted molar refractivity (Wildman–Crippen MR) is 64.2 cm³/mol. The van der Waals surface area contributed by atoms with Crippen LogP contribution in [0.25, 0.3) is 0 Å². The van der Waals surface area contributed by atoms with E-state index >= 15 is 0 Å². The minimum absolute atomic E-state index is 0.470. The van der Waals surface area contributed by atoms with E-state index in [1.807, 2.05) is 25.4 Å². The lowest BCUT2D eigenvalue weighted by Crippen LogP contribution is -1.96. The summed E-state index contributed by atoms with van der Waals surface area (Å²) >= 11 is 0. The van der Waals surface area contributed by atoms with Gasteiger partial charge in [-0.3, -0.25) is 8.89 Å². The summed E-state index contributed by atoms with van der Waals surface area (Å²) in [6.45, 7) is 0. The molecule has 4 nitrogen and oxygen atoms in total. The molecule has 1 unspecified atom stereocenters. The molecule has 1 atom stereocenters. The molecular weight excluding hydrogens is 222 g/mol. The number of aromatic nitrogens is 2. The summed E-state index contributed by atoms with van der Waals surface area (Å²) < 4.78 is 13.7. The van der Waals surface area contributed by atoms with Gasteiger partial charge in [0.15, 0.2) is 0 Å². The topological polar surface area (TPSA) is 60.9 Å². The minimum atomic E-state index is -1.06. The Morgan fingerprint density at radius 1 is 1.50 bits per heavy atom.